The Morgan fingerprint density at radius 2 is 2.21 bits per heavy atom. The summed E-state index contributed by atoms with van der Waals surface area (Å²) in [5.41, 5.74) is 2.77. The maximum atomic E-state index is 5.53. The molecule has 0 saturated carbocycles. The molecule has 0 radical (unpaired) electrons. The predicted molar refractivity (Wildman–Crippen MR) is 61.9 cm³/mol. The van der Waals surface area contributed by atoms with Crippen molar-refractivity contribution in [3.05, 3.63) is 11.1 Å². The zero-order valence-electron chi connectivity index (χ0n) is 9.35. The van der Waals surface area contributed by atoms with Crippen LogP contribution >= 0.6 is 11.6 Å². The smallest absolute Gasteiger partial charge is 0.0589 e. The average Bonchev–Trinajstić information content (AvgIpc) is 2.21. The molecule has 0 aliphatic heterocycles. The Bertz CT molecular complexity index is 162. The minimum absolute atomic E-state index is 0.789. The van der Waals surface area contributed by atoms with Crippen LogP contribution in [-0.2, 0) is 4.74 Å². The fourth-order valence-electron chi connectivity index (χ4n) is 0.953. The first kappa shape index (κ1) is 13.9. The number of nitrogens with zero attached hydrogens (tertiary/aromatic N) is 1. The molecule has 0 aromatic heterocycles. The summed E-state index contributed by atoms with van der Waals surface area (Å²) in [6.07, 6.45) is 0. The lowest BCUT2D eigenvalue weighted by molar-refractivity contribution is 0.161. The van der Waals surface area contributed by atoms with Gasteiger partial charge in [-0.15, -0.1) is 0 Å². The molecule has 0 aliphatic rings. The molecule has 0 aliphatic carbocycles. The van der Waals surface area contributed by atoms with Crippen molar-refractivity contribution in [1.29, 1.82) is 0 Å². The zero-order chi connectivity index (χ0) is 10.8. The maximum Gasteiger partial charge on any atom is 0.0589 e. The lowest BCUT2D eigenvalue weighted by Gasteiger charge is -2.16. The van der Waals surface area contributed by atoms with E-state index < -0.39 is 0 Å². The molecule has 0 aromatic rings. The number of methoxy groups -OCH3 is 1. The Morgan fingerprint density at radius 3 is 2.79 bits per heavy atom. The highest BCUT2D eigenvalue weighted by atomic mass is 35.5. The minimum atomic E-state index is 0.789. The number of nitrogens with one attached hydrogen (secondary N) is 1. The quantitative estimate of drug-likeness (QED) is 0.625. The topological polar surface area (TPSA) is 24.5 Å². The summed E-state index contributed by atoms with van der Waals surface area (Å²) in [5.74, 6) is 0. The van der Waals surface area contributed by atoms with Gasteiger partial charge in [-0.3, -0.25) is 0 Å². The van der Waals surface area contributed by atoms with E-state index in [9.17, 15) is 0 Å². The third kappa shape index (κ3) is 8.51. The van der Waals surface area contributed by atoms with Crippen molar-refractivity contribution in [2.45, 2.75) is 6.92 Å². The molecule has 0 atom stereocenters. The SMILES string of the molecule is COCCN(C)CCNCC(C)=CCl. The molecule has 0 heterocycles. The van der Waals surface area contributed by atoms with Gasteiger partial charge in [0, 0.05) is 38.8 Å². The highest BCUT2D eigenvalue weighted by Crippen LogP contribution is 1.91. The molecule has 84 valence electrons. The third-order valence-electron chi connectivity index (χ3n) is 1.94. The summed E-state index contributed by atoms with van der Waals surface area (Å²) in [7, 11) is 3.81. The molecule has 1 N–H and O–H groups in total. The van der Waals surface area contributed by atoms with E-state index in [1.54, 1.807) is 12.6 Å². The van der Waals surface area contributed by atoms with Crippen LogP contribution in [0.25, 0.3) is 0 Å². The lowest BCUT2D eigenvalue weighted by atomic mass is 10.3. The van der Waals surface area contributed by atoms with Gasteiger partial charge in [0.15, 0.2) is 0 Å². The first-order valence-corrected chi connectivity index (χ1v) is 5.28. The van der Waals surface area contributed by atoms with Gasteiger partial charge in [0.05, 0.1) is 6.61 Å². The molecule has 0 amide bonds. The van der Waals surface area contributed by atoms with Crippen LogP contribution in [0.3, 0.4) is 0 Å². The minimum Gasteiger partial charge on any atom is -0.383 e. The lowest BCUT2D eigenvalue weighted by Crippen LogP contribution is -2.32. The van der Waals surface area contributed by atoms with E-state index in [1.807, 2.05) is 6.92 Å². The van der Waals surface area contributed by atoms with E-state index in [0.717, 1.165) is 38.4 Å². The van der Waals surface area contributed by atoms with E-state index >= 15 is 0 Å². The highest BCUT2D eigenvalue weighted by molar-refractivity contribution is 6.25. The highest BCUT2D eigenvalue weighted by Gasteiger charge is 1.96. The fourth-order valence-corrected chi connectivity index (χ4v) is 1.03. The molecule has 0 fully saturated rings. The van der Waals surface area contributed by atoms with Gasteiger partial charge in [-0.1, -0.05) is 11.6 Å². The number of hydrogen-bond acceptors (Lipinski definition) is 3. The molecule has 0 unspecified atom stereocenters. The second kappa shape index (κ2) is 9.46. The molecule has 14 heavy (non-hydrogen) atoms. The standard InChI is InChI=1S/C10H21ClN2O/c1-10(8-11)9-12-4-5-13(2)6-7-14-3/h8,12H,4-7,9H2,1-3H3. The monoisotopic (exact) mass is 220 g/mol. The normalized spacial score (nSPS) is 12.5. The number of ether oxygens (including phenoxy) is 1. The van der Waals surface area contributed by atoms with Crippen LogP contribution in [0, 0.1) is 0 Å². The molecule has 0 bridgehead atoms. The number of rotatable bonds is 8. The first-order chi connectivity index (χ1) is 6.70. The zero-order valence-corrected chi connectivity index (χ0v) is 10.1. The number of likely N-dealkylation sites (N-methyl/N-ethyl adjacent to an activating group) is 1. The van der Waals surface area contributed by atoms with Crippen molar-refractivity contribution in [2.24, 2.45) is 0 Å². The van der Waals surface area contributed by atoms with Gasteiger partial charge >= 0.3 is 0 Å². The molecule has 0 aromatic carbocycles. The van der Waals surface area contributed by atoms with Crippen molar-refractivity contribution in [2.75, 3.05) is 46.9 Å². The van der Waals surface area contributed by atoms with Gasteiger partial charge < -0.3 is 15.0 Å². The fraction of sp³-hybridized carbons (Fsp3) is 0.800. The molecule has 0 spiro atoms. The Balaban J connectivity index is 3.27. The maximum absolute atomic E-state index is 5.53. The third-order valence-corrected chi connectivity index (χ3v) is 2.31. The van der Waals surface area contributed by atoms with Gasteiger partial charge in [-0.25, -0.2) is 0 Å². The average molecular weight is 221 g/mol. The van der Waals surface area contributed by atoms with Gasteiger partial charge in [0.1, 0.15) is 0 Å². The summed E-state index contributed by atoms with van der Waals surface area (Å²) in [6, 6.07) is 0. The number of halogens is 1. The van der Waals surface area contributed by atoms with E-state index in [4.69, 9.17) is 16.3 Å². The van der Waals surface area contributed by atoms with Crippen LogP contribution in [-0.4, -0.2) is 51.8 Å². The van der Waals surface area contributed by atoms with Gasteiger partial charge in [0.2, 0.25) is 0 Å². The van der Waals surface area contributed by atoms with Crippen LogP contribution in [0.5, 0.6) is 0 Å². The molecular weight excluding hydrogens is 200 g/mol. The van der Waals surface area contributed by atoms with E-state index in [0.29, 0.717) is 0 Å². The van der Waals surface area contributed by atoms with Crippen molar-refractivity contribution in [3.63, 3.8) is 0 Å². The van der Waals surface area contributed by atoms with Crippen LogP contribution in [0.2, 0.25) is 0 Å². The second-order valence-corrected chi connectivity index (χ2v) is 3.65. The Kier molecular flexibility index (Phi) is 9.40. The van der Waals surface area contributed by atoms with E-state index in [2.05, 4.69) is 17.3 Å². The van der Waals surface area contributed by atoms with Crippen LogP contribution in [0.4, 0.5) is 0 Å². The molecule has 0 rings (SSSR count). The van der Waals surface area contributed by atoms with Gasteiger partial charge in [-0.2, -0.15) is 0 Å². The van der Waals surface area contributed by atoms with Crippen molar-refractivity contribution < 1.29 is 4.74 Å². The summed E-state index contributed by atoms with van der Waals surface area (Å²) < 4.78 is 4.99. The van der Waals surface area contributed by atoms with Gasteiger partial charge in [-0.05, 0) is 19.5 Å². The Morgan fingerprint density at radius 1 is 1.50 bits per heavy atom. The summed E-state index contributed by atoms with van der Waals surface area (Å²) >= 11 is 5.53. The van der Waals surface area contributed by atoms with E-state index in [-0.39, 0.29) is 0 Å². The van der Waals surface area contributed by atoms with Crippen molar-refractivity contribution in [3.8, 4) is 0 Å². The molecule has 4 heteroatoms. The Labute approximate surface area is 92.1 Å². The first-order valence-electron chi connectivity index (χ1n) is 4.84. The van der Waals surface area contributed by atoms with Crippen LogP contribution < -0.4 is 5.32 Å². The second-order valence-electron chi connectivity index (χ2n) is 3.43. The molecule has 0 saturated heterocycles. The summed E-state index contributed by atoms with van der Waals surface area (Å²) in [5, 5.41) is 3.31. The number of hydrogen-bond donors (Lipinski definition) is 1. The van der Waals surface area contributed by atoms with Crippen molar-refractivity contribution in [1.82, 2.24) is 10.2 Å². The van der Waals surface area contributed by atoms with Crippen LogP contribution in [0.15, 0.2) is 11.1 Å². The largest absolute Gasteiger partial charge is 0.383 e. The van der Waals surface area contributed by atoms with Crippen LogP contribution in [0.1, 0.15) is 6.92 Å². The van der Waals surface area contributed by atoms with E-state index in [1.165, 1.54) is 0 Å². The summed E-state index contributed by atoms with van der Waals surface area (Å²) in [4.78, 5) is 2.23. The Hall–Kier alpha value is -0.0900. The predicted octanol–water partition coefficient (Wildman–Crippen LogP) is 1.30. The molecular formula is C10H21ClN2O. The summed E-state index contributed by atoms with van der Waals surface area (Å²) in [6.45, 7) is 6.64. The van der Waals surface area contributed by atoms with Gasteiger partial charge in [0.25, 0.3) is 0 Å². The van der Waals surface area contributed by atoms with Crippen molar-refractivity contribution >= 4 is 11.6 Å². The molecule has 3 nitrogen and oxygen atoms in total.